The van der Waals surface area contributed by atoms with E-state index >= 15 is 0 Å². The summed E-state index contributed by atoms with van der Waals surface area (Å²) in [6, 6.07) is 10.5. The maximum Gasteiger partial charge on any atom is 0.322 e. The number of nitrogens with zero attached hydrogens (tertiary/aromatic N) is 6. The molecular formula is C26H35N9O3S. The molecule has 1 unspecified atom stereocenters. The number of H-pyrrole nitrogens is 1. The van der Waals surface area contributed by atoms with Crippen LogP contribution in [-0.4, -0.2) is 73.5 Å². The molecule has 0 spiro atoms. The van der Waals surface area contributed by atoms with E-state index < -0.39 is 5.54 Å². The van der Waals surface area contributed by atoms with Gasteiger partial charge in [0.15, 0.2) is 5.82 Å². The van der Waals surface area contributed by atoms with E-state index in [1.807, 2.05) is 41.8 Å². The number of fused-ring (bicyclic) bond motifs is 1. The maximum atomic E-state index is 13.3. The highest BCUT2D eigenvalue weighted by Crippen LogP contribution is 2.43. The van der Waals surface area contributed by atoms with Gasteiger partial charge in [0, 0.05) is 24.1 Å². The van der Waals surface area contributed by atoms with Crippen molar-refractivity contribution >= 4 is 37.2 Å². The topological polar surface area (TPSA) is 144 Å². The zero-order valence-corrected chi connectivity index (χ0v) is 23.3. The van der Waals surface area contributed by atoms with Crippen LogP contribution in [0.1, 0.15) is 55.8 Å². The Morgan fingerprint density at radius 2 is 2.03 bits per heavy atom. The fraction of sp³-hybridized carbons (Fsp3) is 0.500. The van der Waals surface area contributed by atoms with Gasteiger partial charge in [-0.2, -0.15) is 33.5 Å². The van der Waals surface area contributed by atoms with Crippen molar-refractivity contribution in [2.24, 2.45) is 0 Å². The number of methoxy groups -OCH3 is 1. The number of nitrogens with one attached hydrogen (secondary N) is 3. The quantitative estimate of drug-likeness (QED) is 0.347. The van der Waals surface area contributed by atoms with Crippen molar-refractivity contribution in [1.29, 1.82) is 0 Å². The molecule has 4 N–H and O–H groups in total. The second-order valence-electron chi connectivity index (χ2n) is 10.6. The molecule has 2 aromatic heterocycles. The number of carbonyl (C=O) groups is 1. The predicted molar refractivity (Wildman–Crippen MR) is 151 cm³/mol. The number of anilines is 3. The minimum Gasteiger partial charge on any atom is -0.467 e. The number of aromatic nitrogens is 5. The van der Waals surface area contributed by atoms with Crippen LogP contribution in [0.15, 0.2) is 30.3 Å². The summed E-state index contributed by atoms with van der Waals surface area (Å²) in [6.07, 6.45) is 2.77. The third-order valence-corrected chi connectivity index (χ3v) is 7.90. The van der Waals surface area contributed by atoms with E-state index in [1.165, 1.54) is 12.7 Å². The van der Waals surface area contributed by atoms with Crippen LogP contribution in [0.3, 0.4) is 0 Å². The first-order valence-corrected chi connectivity index (χ1v) is 13.0. The summed E-state index contributed by atoms with van der Waals surface area (Å²) in [5.41, 5.74) is 2.43. The average Bonchev–Trinajstić information content (AvgIpc) is 3.23. The number of aliphatic hydroxyl groups is 1. The monoisotopic (exact) mass is 553 g/mol. The Morgan fingerprint density at radius 1 is 1.23 bits per heavy atom. The van der Waals surface area contributed by atoms with Crippen molar-refractivity contribution in [2.45, 2.75) is 63.2 Å². The lowest BCUT2D eigenvalue weighted by Crippen LogP contribution is -2.47. The van der Waals surface area contributed by atoms with Crippen molar-refractivity contribution in [3.63, 3.8) is 0 Å². The van der Waals surface area contributed by atoms with Gasteiger partial charge in [-0.05, 0) is 38.7 Å². The summed E-state index contributed by atoms with van der Waals surface area (Å²) < 4.78 is 5.32. The van der Waals surface area contributed by atoms with E-state index in [-0.39, 0.29) is 50.2 Å². The van der Waals surface area contributed by atoms with Crippen LogP contribution in [-0.2, 0) is 12.1 Å². The lowest BCUT2D eigenvalue weighted by Gasteiger charge is -2.32. The van der Waals surface area contributed by atoms with E-state index in [0.29, 0.717) is 24.2 Å². The lowest BCUT2D eigenvalue weighted by atomic mass is 10.0. The minimum atomic E-state index is -0.574. The number of hydrogen-bond donors (Lipinski definition) is 4. The molecule has 6 rings (SSSR count). The Morgan fingerprint density at radius 3 is 2.77 bits per heavy atom. The molecule has 0 radical (unpaired) electrons. The third-order valence-electron chi connectivity index (χ3n) is 7.90. The number of aliphatic hydroxyl groups excluding tert-OH is 1. The van der Waals surface area contributed by atoms with E-state index in [2.05, 4.69) is 47.9 Å². The van der Waals surface area contributed by atoms with Crippen LogP contribution in [0.2, 0.25) is 0 Å². The number of amides is 2. The second-order valence-corrected chi connectivity index (χ2v) is 10.6. The summed E-state index contributed by atoms with van der Waals surface area (Å²) in [7, 11) is 1.50. The van der Waals surface area contributed by atoms with Gasteiger partial charge in [0.25, 0.3) is 0 Å². The molecule has 1 saturated carbocycles. The van der Waals surface area contributed by atoms with Gasteiger partial charge in [0.2, 0.25) is 11.9 Å². The van der Waals surface area contributed by atoms with Gasteiger partial charge < -0.3 is 30.3 Å². The van der Waals surface area contributed by atoms with Gasteiger partial charge in [-0.1, -0.05) is 30.3 Å². The summed E-state index contributed by atoms with van der Waals surface area (Å²) in [5, 5.41) is 23.8. The van der Waals surface area contributed by atoms with Gasteiger partial charge in [-0.25, -0.2) is 4.79 Å². The number of aromatic amines is 1. The molecule has 39 heavy (non-hydrogen) atoms. The van der Waals surface area contributed by atoms with Gasteiger partial charge >= 0.3 is 12.0 Å². The van der Waals surface area contributed by atoms with Crippen molar-refractivity contribution in [2.75, 3.05) is 30.5 Å². The molecule has 1 aliphatic carbocycles. The normalized spacial score (nSPS) is 22.7. The molecular weight excluding hydrogens is 518 g/mol. The molecule has 2 fully saturated rings. The summed E-state index contributed by atoms with van der Waals surface area (Å²) in [4.78, 5) is 30.5. The van der Waals surface area contributed by atoms with Gasteiger partial charge in [-0.15, -0.1) is 0 Å². The lowest BCUT2D eigenvalue weighted by molar-refractivity contribution is 0.142. The Bertz CT molecular complexity index is 1340. The largest absolute Gasteiger partial charge is 0.467 e. The van der Waals surface area contributed by atoms with Gasteiger partial charge in [0.05, 0.1) is 37.5 Å². The van der Waals surface area contributed by atoms with E-state index in [9.17, 15) is 9.90 Å². The Hall–Kier alpha value is -3.58. The molecule has 3 atom stereocenters. The van der Waals surface area contributed by atoms with Crippen LogP contribution in [0.4, 0.5) is 22.5 Å². The number of urea groups is 1. The average molecular weight is 554 g/mol. The highest BCUT2D eigenvalue weighted by atomic mass is 32.1. The molecule has 2 amide bonds. The minimum absolute atomic E-state index is 0. The Balaban J connectivity index is 0.00000308. The number of ether oxygens (including phenoxy) is 1. The highest BCUT2D eigenvalue weighted by Gasteiger charge is 2.47. The zero-order valence-electron chi connectivity index (χ0n) is 22.3. The Kier molecular flexibility index (Phi) is 7.29. The summed E-state index contributed by atoms with van der Waals surface area (Å²) in [5.74, 6) is 1.64. The number of benzene rings is 1. The summed E-state index contributed by atoms with van der Waals surface area (Å²) in [6.45, 7) is 5.19. The van der Waals surface area contributed by atoms with Crippen LogP contribution < -0.4 is 20.3 Å². The Labute approximate surface area is 234 Å². The standard InChI is InChI=1S/C26H33N9O3.H2S/c1-26(2)20-18(13-35(26)25(37)27-19-12-17(19)15-8-5-4-6-9-15)21(33-32-20)28-22-29-23(31-24(30-22)38-3)34-11-7-10-16(34)14-36;/h4-6,8-9,16-17,19,36H,7,10-14H2,1-3H3,(H,27,37)(H2,28,29,30,31,32,33);1H2/t16-,17+,19?;/m0./s1. The molecule has 0 bridgehead atoms. The predicted octanol–water partition coefficient (Wildman–Crippen LogP) is 2.74. The molecule has 3 aromatic rings. The van der Waals surface area contributed by atoms with Gasteiger partial charge in [0.1, 0.15) is 0 Å². The van der Waals surface area contributed by atoms with Gasteiger partial charge in [-0.3, -0.25) is 5.10 Å². The van der Waals surface area contributed by atoms with E-state index in [4.69, 9.17) is 4.74 Å². The molecule has 208 valence electrons. The van der Waals surface area contributed by atoms with Crippen molar-refractivity contribution in [3.05, 3.63) is 47.2 Å². The first-order valence-electron chi connectivity index (χ1n) is 13.0. The van der Waals surface area contributed by atoms with E-state index in [0.717, 1.165) is 37.1 Å². The SMILES string of the molecule is COc1nc(Nc2n[nH]c3c2CN(C(=O)NC2C[C@@H]2c2ccccc2)C3(C)C)nc(N2CCC[C@H]2CO)n1.S. The van der Waals surface area contributed by atoms with E-state index in [1.54, 1.807) is 0 Å². The molecule has 1 saturated heterocycles. The molecule has 3 aliphatic rings. The van der Waals surface area contributed by atoms with Crippen LogP contribution in [0.25, 0.3) is 0 Å². The number of carbonyl (C=O) groups excluding carboxylic acids is 1. The maximum absolute atomic E-state index is 13.3. The fourth-order valence-electron chi connectivity index (χ4n) is 5.62. The molecule has 12 nitrogen and oxygen atoms in total. The highest BCUT2D eigenvalue weighted by molar-refractivity contribution is 7.59. The zero-order chi connectivity index (χ0) is 26.4. The number of hydrogen-bond acceptors (Lipinski definition) is 9. The van der Waals surface area contributed by atoms with Crippen LogP contribution >= 0.6 is 13.5 Å². The first-order chi connectivity index (χ1) is 18.4. The first kappa shape index (κ1) is 27.0. The smallest absolute Gasteiger partial charge is 0.322 e. The summed E-state index contributed by atoms with van der Waals surface area (Å²) >= 11 is 0. The third kappa shape index (κ3) is 4.96. The van der Waals surface area contributed by atoms with Crippen molar-refractivity contribution in [3.8, 4) is 6.01 Å². The van der Waals surface area contributed by atoms with Crippen LogP contribution in [0.5, 0.6) is 6.01 Å². The van der Waals surface area contributed by atoms with Crippen molar-refractivity contribution < 1.29 is 14.6 Å². The number of rotatable bonds is 7. The fourth-order valence-corrected chi connectivity index (χ4v) is 5.62. The van der Waals surface area contributed by atoms with Crippen LogP contribution in [0, 0.1) is 0 Å². The molecule has 1 aromatic carbocycles. The molecule has 4 heterocycles. The van der Waals surface area contributed by atoms with Crippen molar-refractivity contribution in [1.82, 2.24) is 35.4 Å². The molecule has 13 heteroatoms. The second kappa shape index (κ2) is 10.5. The molecule has 2 aliphatic heterocycles.